The van der Waals surface area contributed by atoms with Gasteiger partial charge in [0.2, 0.25) is 0 Å². The molecular weight excluding hydrogens is 255 g/mol. The summed E-state index contributed by atoms with van der Waals surface area (Å²) in [7, 11) is 1.75. The second-order valence-electron chi connectivity index (χ2n) is 4.91. The summed E-state index contributed by atoms with van der Waals surface area (Å²) in [4.78, 5) is 0. The Bertz CT molecular complexity index is 333. The van der Waals surface area contributed by atoms with Gasteiger partial charge in [-0.15, -0.1) is 11.6 Å². The molecule has 1 nitrogen and oxygen atoms in total. The third-order valence-corrected chi connectivity index (χ3v) is 3.80. The lowest BCUT2D eigenvalue weighted by molar-refractivity contribution is 0.0128. The Morgan fingerprint density at radius 3 is 2.29 bits per heavy atom. The van der Waals surface area contributed by atoms with Gasteiger partial charge in [0, 0.05) is 18.0 Å². The first-order chi connectivity index (χ1) is 7.98. The molecule has 96 valence electrons. The summed E-state index contributed by atoms with van der Waals surface area (Å²) in [6.45, 7) is 4.19. The molecule has 0 aliphatic heterocycles. The molecule has 0 aliphatic rings. The van der Waals surface area contributed by atoms with E-state index in [0.29, 0.717) is 11.8 Å². The number of hydrogen-bond donors (Lipinski definition) is 0. The van der Waals surface area contributed by atoms with Crippen molar-refractivity contribution < 1.29 is 4.74 Å². The van der Waals surface area contributed by atoms with Crippen LogP contribution in [0, 0.1) is 0 Å². The van der Waals surface area contributed by atoms with Gasteiger partial charge in [-0.05, 0) is 50.3 Å². The fourth-order valence-corrected chi connectivity index (χ4v) is 2.15. The number of hydrogen-bond acceptors (Lipinski definition) is 1. The van der Waals surface area contributed by atoms with Gasteiger partial charge in [0.15, 0.2) is 0 Å². The smallest absolute Gasteiger partial charge is 0.0623 e. The van der Waals surface area contributed by atoms with Crippen molar-refractivity contribution in [1.29, 1.82) is 0 Å². The van der Waals surface area contributed by atoms with Gasteiger partial charge in [0.1, 0.15) is 0 Å². The first-order valence-corrected chi connectivity index (χ1v) is 6.76. The minimum atomic E-state index is -0.0866. The Kier molecular flexibility index (Phi) is 5.78. The summed E-state index contributed by atoms with van der Waals surface area (Å²) >= 11 is 11.9. The molecule has 0 saturated heterocycles. The summed E-state index contributed by atoms with van der Waals surface area (Å²) in [5.74, 6) is 0.991. The molecule has 0 bridgehead atoms. The van der Waals surface area contributed by atoms with Crippen molar-refractivity contribution in [3.63, 3.8) is 0 Å². The maximum absolute atomic E-state index is 6.04. The van der Waals surface area contributed by atoms with Crippen LogP contribution in [-0.4, -0.2) is 18.6 Å². The zero-order valence-corrected chi connectivity index (χ0v) is 12.2. The average Bonchev–Trinajstić information content (AvgIpc) is 2.32. The van der Waals surface area contributed by atoms with Gasteiger partial charge in [0.05, 0.1) is 5.60 Å². The van der Waals surface area contributed by atoms with Crippen LogP contribution < -0.4 is 0 Å². The number of methoxy groups -OCH3 is 1. The van der Waals surface area contributed by atoms with E-state index in [2.05, 4.69) is 26.0 Å². The van der Waals surface area contributed by atoms with Crippen molar-refractivity contribution in [2.75, 3.05) is 13.0 Å². The highest BCUT2D eigenvalue weighted by molar-refractivity contribution is 6.30. The van der Waals surface area contributed by atoms with E-state index in [1.165, 1.54) is 5.56 Å². The number of alkyl halides is 1. The van der Waals surface area contributed by atoms with Gasteiger partial charge < -0.3 is 4.74 Å². The average molecular weight is 275 g/mol. The van der Waals surface area contributed by atoms with Crippen LogP contribution in [0.1, 0.15) is 38.2 Å². The number of rotatable bonds is 6. The highest BCUT2D eigenvalue weighted by Crippen LogP contribution is 2.28. The van der Waals surface area contributed by atoms with Crippen molar-refractivity contribution in [2.45, 2.75) is 38.2 Å². The van der Waals surface area contributed by atoms with E-state index in [1.54, 1.807) is 7.11 Å². The van der Waals surface area contributed by atoms with Crippen LogP contribution in [0.5, 0.6) is 0 Å². The van der Waals surface area contributed by atoms with Gasteiger partial charge in [-0.2, -0.15) is 0 Å². The minimum Gasteiger partial charge on any atom is -0.379 e. The van der Waals surface area contributed by atoms with E-state index in [1.807, 2.05) is 12.1 Å². The van der Waals surface area contributed by atoms with E-state index in [4.69, 9.17) is 27.9 Å². The van der Waals surface area contributed by atoms with E-state index >= 15 is 0 Å². The Morgan fingerprint density at radius 2 is 1.82 bits per heavy atom. The fraction of sp³-hybridized carbons (Fsp3) is 0.571. The van der Waals surface area contributed by atoms with Gasteiger partial charge in [-0.1, -0.05) is 23.7 Å². The topological polar surface area (TPSA) is 9.23 Å². The Hall–Kier alpha value is -0.240. The molecule has 1 aromatic rings. The quantitative estimate of drug-likeness (QED) is 0.673. The maximum atomic E-state index is 6.04. The second kappa shape index (κ2) is 6.63. The molecule has 1 aromatic carbocycles. The maximum Gasteiger partial charge on any atom is 0.0623 e. The Labute approximate surface area is 114 Å². The molecule has 1 rings (SSSR count). The van der Waals surface area contributed by atoms with Crippen molar-refractivity contribution in [3.05, 3.63) is 34.9 Å². The molecule has 17 heavy (non-hydrogen) atoms. The zero-order valence-electron chi connectivity index (χ0n) is 10.7. The lowest BCUT2D eigenvalue weighted by Gasteiger charge is -2.25. The predicted molar refractivity (Wildman–Crippen MR) is 75.2 cm³/mol. The Morgan fingerprint density at radius 1 is 1.24 bits per heavy atom. The third kappa shape index (κ3) is 4.87. The van der Waals surface area contributed by atoms with Gasteiger partial charge in [0.25, 0.3) is 0 Å². The molecule has 0 radical (unpaired) electrons. The standard InChI is InChI=1S/C14H20Cl2O/c1-14(2,17-3)9-8-12(10-15)11-4-6-13(16)7-5-11/h4-7,12H,8-10H2,1-3H3. The molecule has 0 saturated carbocycles. The second-order valence-corrected chi connectivity index (χ2v) is 5.65. The molecule has 3 heteroatoms. The van der Waals surface area contributed by atoms with Crippen LogP contribution in [0.15, 0.2) is 24.3 Å². The normalized spacial score (nSPS) is 13.7. The van der Waals surface area contributed by atoms with Crippen molar-refractivity contribution >= 4 is 23.2 Å². The molecule has 0 spiro atoms. The molecule has 0 fully saturated rings. The SMILES string of the molecule is COC(C)(C)CCC(CCl)c1ccc(Cl)cc1. The summed E-state index contributed by atoms with van der Waals surface area (Å²) < 4.78 is 5.42. The number of ether oxygens (including phenoxy) is 1. The predicted octanol–water partition coefficient (Wildman–Crippen LogP) is 4.87. The van der Waals surface area contributed by atoms with Crippen molar-refractivity contribution in [1.82, 2.24) is 0 Å². The van der Waals surface area contributed by atoms with Crippen LogP contribution in [0.25, 0.3) is 0 Å². The highest BCUT2D eigenvalue weighted by atomic mass is 35.5. The van der Waals surface area contributed by atoms with E-state index in [-0.39, 0.29) is 5.60 Å². The summed E-state index contributed by atoms with van der Waals surface area (Å²) in [6.07, 6.45) is 2.01. The molecule has 1 atom stereocenters. The first kappa shape index (κ1) is 14.8. The lowest BCUT2D eigenvalue weighted by atomic mass is 9.91. The van der Waals surface area contributed by atoms with Gasteiger partial charge >= 0.3 is 0 Å². The molecule has 0 aliphatic carbocycles. The monoisotopic (exact) mass is 274 g/mol. The molecule has 0 N–H and O–H groups in total. The molecule has 0 heterocycles. The lowest BCUT2D eigenvalue weighted by Crippen LogP contribution is -2.23. The van der Waals surface area contributed by atoms with Crippen molar-refractivity contribution in [3.8, 4) is 0 Å². The number of benzene rings is 1. The first-order valence-electron chi connectivity index (χ1n) is 5.85. The summed E-state index contributed by atoms with van der Waals surface area (Å²) in [6, 6.07) is 7.93. The molecule has 0 aromatic heterocycles. The van der Waals surface area contributed by atoms with Crippen LogP contribution in [-0.2, 0) is 4.74 Å². The fourth-order valence-electron chi connectivity index (χ4n) is 1.69. The molecular formula is C14H20Cl2O. The van der Waals surface area contributed by atoms with Crippen LogP contribution >= 0.6 is 23.2 Å². The van der Waals surface area contributed by atoms with E-state index in [9.17, 15) is 0 Å². The zero-order chi connectivity index (χ0) is 12.9. The highest BCUT2D eigenvalue weighted by Gasteiger charge is 2.19. The minimum absolute atomic E-state index is 0.0866. The number of halogens is 2. The van der Waals surface area contributed by atoms with Crippen LogP contribution in [0.2, 0.25) is 5.02 Å². The van der Waals surface area contributed by atoms with E-state index in [0.717, 1.165) is 17.9 Å². The van der Waals surface area contributed by atoms with Crippen molar-refractivity contribution in [2.24, 2.45) is 0 Å². The summed E-state index contributed by atoms with van der Waals surface area (Å²) in [5, 5.41) is 0.763. The molecule has 1 unspecified atom stereocenters. The van der Waals surface area contributed by atoms with Crippen LogP contribution in [0.4, 0.5) is 0 Å². The Balaban J connectivity index is 2.63. The van der Waals surface area contributed by atoms with Gasteiger partial charge in [-0.25, -0.2) is 0 Å². The van der Waals surface area contributed by atoms with Crippen LogP contribution in [0.3, 0.4) is 0 Å². The van der Waals surface area contributed by atoms with Gasteiger partial charge in [-0.3, -0.25) is 0 Å². The summed E-state index contributed by atoms with van der Waals surface area (Å²) in [5.41, 5.74) is 1.16. The van der Waals surface area contributed by atoms with E-state index < -0.39 is 0 Å². The third-order valence-electron chi connectivity index (χ3n) is 3.18. The largest absolute Gasteiger partial charge is 0.379 e. The molecule has 0 amide bonds.